The van der Waals surface area contributed by atoms with Crippen LogP contribution in [-0.4, -0.2) is 35.9 Å². The Labute approximate surface area is 176 Å². The molecule has 0 aliphatic carbocycles. The van der Waals surface area contributed by atoms with Crippen molar-refractivity contribution in [3.63, 3.8) is 0 Å². The van der Waals surface area contributed by atoms with Crippen LogP contribution in [0.25, 0.3) is 28.3 Å². The number of carbonyl (C=O) groups excluding carboxylic acids is 1. The summed E-state index contributed by atoms with van der Waals surface area (Å²) in [7, 11) is 0. The molecule has 0 radical (unpaired) electrons. The summed E-state index contributed by atoms with van der Waals surface area (Å²) in [6.07, 6.45) is 0. The van der Waals surface area contributed by atoms with E-state index in [2.05, 4.69) is 30.8 Å². The van der Waals surface area contributed by atoms with Crippen molar-refractivity contribution in [3.8, 4) is 22.6 Å². The summed E-state index contributed by atoms with van der Waals surface area (Å²) in [6.45, 7) is 3.58. The average molecular weight is 411 g/mol. The number of hydrogen-bond acceptors (Lipinski definition) is 7. The average Bonchev–Trinajstić information content (AvgIpc) is 3.39. The second-order valence-corrected chi connectivity index (χ2v) is 6.99. The van der Waals surface area contributed by atoms with E-state index in [0.29, 0.717) is 34.4 Å². The Morgan fingerprint density at radius 2 is 1.81 bits per heavy atom. The third kappa shape index (κ3) is 3.64. The van der Waals surface area contributed by atoms with Gasteiger partial charge in [0.1, 0.15) is 0 Å². The highest BCUT2D eigenvalue weighted by molar-refractivity contribution is 6.04. The van der Waals surface area contributed by atoms with Gasteiger partial charge in [-0.15, -0.1) is 10.2 Å². The van der Waals surface area contributed by atoms with Gasteiger partial charge in [-0.1, -0.05) is 29.4 Å². The van der Waals surface area contributed by atoms with Gasteiger partial charge in [-0.05, 0) is 43.3 Å². The lowest BCUT2D eigenvalue weighted by Gasteiger charge is -2.08. The zero-order chi connectivity index (χ0) is 21.4. The predicted octanol–water partition coefficient (Wildman–Crippen LogP) is 3.71. The van der Waals surface area contributed by atoms with E-state index in [4.69, 9.17) is 4.52 Å². The molecule has 0 fully saturated rings. The number of anilines is 1. The minimum Gasteiger partial charge on any atom is -0.339 e. The Morgan fingerprint density at radius 3 is 2.58 bits per heavy atom. The topological polar surface area (TPSA) is 111 Å². The minimum absolute atomic E-state index is 0.217. The van der Waals surface area contributed by atoms with Gasteiger partial charge in [0, 0.05) is 29.3 Å². The summed E-state index contributed by atoms with van der Waals surface area (Å²) in [5.41, 5.74) is 4.28. The molecule has 1 amide bonds. The fourth-order valence-electron chi connectivity index (χ4n) is 3.20. The molecule has 0 unspecified atom stereocenters. The molecule has 3 aromatic heterocycles. The van der Waals surface area contributed by atoms with Crippen LogP contribution >= 0.6 is 0 Å². The molecule has 5 aromatic rings. The fraction of sp³-hybridized carbons (Fsp3) is 0.0909. The van der Waals surface area contributed by atoms with Crippen LogP contribution in [0.15, 0.2) is 65.2 Å². The maximum absolute atomic E-state index is 12.7. The number of hydrogen-bond donors (Lipinski definition) is 1. The lowest BCUT2D eigenvalue weighted by Crippen LogP contribution is -2.11. The molecule has 31 heavy (non-hydrogen) atoms. The zero-order valence-corrected chi connectivity index (χ0v) is 16.8. The van der Waals surface area contributed by atoms with Crippen molar-refractivity contribution in [1.82, 2.24) is 30.0 Å². The van der Waals surface area contributed by atoms with Crippen molar-refractivity contribution in [2.45, 2.75) is 13.8 Å². The first-order valence-electron chi connectivity index (χ1n) is 9.58. The molecule has 9 heteroatoms. The van der Waals surface area contributed by atoms with Gasteiger partial charge in [-0.3, -0.25) is 4.79 Å². The van der Waals surface area contributed by atoms with Gasteiger partial charge >= 0.3 is 0 Å². The standard InChI is InChI=1S/C22H17N7O2/c1-13-25-26-20-11-10-19(27-29(13)20)17-4-3-5-18(12-17)24-22(30)16-8-6-15(7-9-16)21-23-14(2)31-28-21/h3-12H,1-2H3,(H,24,30). The maximum Gasteiger partial charge on any atom is 0.255 e. The second kappa shape index (κ2) is 7.45. The van der Waals surface area contributed by atoms with Gasteiger partial charge in [0.05, 0.1) is 5.69 Å². The quantitative estimate of drug-likeness (QED) is 0.480. The van der Waals surface area contributed by atoms with Crippen molar-refractivity contribution >= 4 is 17.2 Å². The number of carbonyl (C=O) groups is 1. The molecular formula is C22H17N7O2. The molecule has 0 spiro atoms. The Hall–Kier alpha value is -4.40. The lowest BCUT2D eigenvalue weighted by molar-refractivity contribution is 0.102. The first-order chi connectivity index (χ1) is 15.1. The normalized spacial score (nSPS) is 11.0. The third-order valence-corrected chi connectivity index (χ3v) is 4.77. The van der Waals surface area contributed by atoms with Crippen LogP contribution in [0.4, 0.5) is 5.69 Å². The Morgan fingerprint density at radius 1 is 0.968 bits per heavy atom. The van der Waals surface area contributed by atoms with Crippen LogP contribution in [0.1, 0.15) is 22.1 Å². The first-order valence-corrected chi connectivity index (χ1v) is 9.58. The Bertz CT molecular complexity index is 1400. The summed E-state index contributed by atoms with van der Waals surface area (Å²) in [4.78, 5) is 16.9. The Kier molecular flexibility index (Phi) is 4.47. The van der Waals surface area contributed by atoms with Crippen molar-refractivity contribution < 1.29 is 9.32 Å². The zero-order valence-electron chi connectivity index (χ0n) is 16.8. The van der Waals surface area contributed by atoms with E-state index >= 15 is 0 Å². The van der Waals surface area contributed by atoms with Gasteiger partial charge in [0.15, 0.2) is 11.5 Å². The number of aryl methyl sites for hydroxylation is 2. The molecule has 9 nitrogen and oxygen atoms in total. The SMILES string of the molecule is Cc1nc(-c2ccc(C(=O)Nc3cccc(-c4ccc5nnc(C)n5n4)c3)cc2)no1. The van der Waals surface area contributed by atoms with Crippen LogP contribution in [-0.2, 0) is 0 Å². The molecule has 2 aromatic carbocycles. The minimum atomic E-state index is -0.217. The molecule has 3 heterocycles. The highest BCUT2D eigenvalue weighted by Crippen LogP contribution is 2.22. The number of benzene rings is 2. The van der Waals surface area contributed by atoms with Crippen LogP contribution in [0.5, 0.6) is 0 Å². The van der Waals surface area contributed by atoms with Gasteiger partial charge in [-0.2, -0.15) is 14.6 Å². The molecule has 1 N–H and O–H groups in total. The highest BCUT2D eigenvalue weighted by atomic mass is 16.5. The molecule has 5 rings (SSSR count). The molecular weight excluding hydrogens is 394 g/mol. The number of rotatable bonds is 4. The summed E-state index contributed by atoms with van der Waals surface area (Å²) >= 11 is 0. The van der Waals surface area contributed by atoms with Crippen LogP contribution < -0.4 is 5.32 Å². The van der Waals surface area contributed by atoms with Crippen LogP contribution in [0.2, 0.25) is 0 Å². The van der Waals surface area contributed by atoms with E-state index in [9.17, 15) is 4.79 Å². The molecule has 0 bridgehead atoms. The van der Waals surface area contributed by atoms with Crippen LogP contribution in [0, 0.1) is 13.8 Å². The number of aromatic nitrogens is 6. The van der Waals surface area contributed by atoms with Gasteiger partial charge in [-0.25, -0.2) is 0 Å². The van der Waals surface area contributed by atoms with Crippen molar-refractivity contribution in [2.75, 3.05) is 5.32 Å². The van der Waals surface area contributed by atoms with Crippen molar-refractivity contribution in [2.24, 2.45) is 0 Å². The monoisotopic (exact) mass is 411 g/mol. The van der Waals surface area contributed by atoms with E-state index in [1.807, 2.05) is 43.3 Å². The van der Waals surface area contributed by atoms with Gasteiger partial charge in [0.25, 0.3) is 5.91 Å². The number of fused-ring (bicyclic) bond motifs is 1. The van der Waals surface area contributed by atoms with E-state index in [1.54, 1.807) is 35.7 Å². The van der Waals surface area contributed by atoms with Crippen molar-refractivity contribution in [1.29, 1.82) is 0 Å². The van der Waals surface area contributed by atoms with E-state index in [-0.39, 0.29) is 5.91 Å². The number of nitrogens with one attached hydrogen (secondary N) is 1. The van der Waals surface area contributed by atoms with Crippen LogP contribution in [0.3, 0.4) is 0 Å². The summed E-state index contributed by atoms with van der Waals surface area (Å²) < 4.78 is 6.68. The van der Waals surface area contributed by atoms with E-state index in [0.717, 1.165) is 16.8 Å². The molecule has 0 atom stereocenters. The second-order valence-electron chi connectivity index (χ2n) is 6.99. The fourth-order valence-corrected chi connectivity index (χ4v) is 3.20. The first kappa shape index (κ1) is 18.6. The smallest absolute Gasteiger partial charge is 0.255 e. The van der Waals surface area contributed by atoms with Crippen molar-refractivity contribution in [3.05, 3.63) is 77.9 Å². The molecule has 0 aliphatic rings. The van der Waals surface area contributed by atoms with Gasteiger partial charge in [0.2, 0.25) is 11.7 Å². The molecule has 0 saturated carbocycles. The van der Waals surface area contributed by atoms with Gasteiger partial charge < -0.3 is 9.84 Å². The van der Waals surface area contributed by atoms with E-state index in [1.165, 1.54) is 0 Å². The summed E-state index contributed by atoms with van der Waals surface area (Å²) in [6, 6.07) is 18.3. The summed E-state index contributed by atoms with van der Waals surface area (Å²) in [5.74, 6) is 1.47. The predicted molar refractivity (Wildman–Crippen MR) is 113 cm³/mol. The lowest BCUT2D eigenvalue weighted by atomic mass is 10.1. The summed E-state index contributed by atoms with van der Waals surface area (Å²) in [5, 5.41) is 19.5. The number of amides is 1. The molecule has 0 saturated heterocycles. The largest absolute Gasteiger partial charge is 0.339 e. The number of nitrogens with zero attached hydrogens (tertiary/aromatic N) is 6. The third-order valence-electron chi connectivity index (χ3n) is 4.77. The Balaban J connectivity index is 1.36. The van der Waals surface area contributed by atoms with E-state index < -0.39 is 0 Å². The molecule has 0 aliphatic heterocycles. The molecule has 152 valence electrons. The highest BCUT2D eigenvalue weighted by Gasteiger charge is 2.11. The maximum atomic E-state index is 12.7.